The van der Waals surface area contributed by atoms with Gasteiger partial charge in [-0.05, 0) is 68.1 Å². The van der Waals surface area contributed by atoms with Crippen molar-refractivity contribution in [3.63, 3.8) is 0 Å². The molecule has 0 fully saturated rings. The van der Waals surface area contributed by atoms with Crippen LogP contribution in [0.25, 0.3) is 0 Å². The van der Waals surface area contributed by atoms with E-state index in [0.29, 0.717) is 24.5 Å². The number of carbonyl (C=O) groups excluding carboxylic acids is 1. The van der Waals surface area contributed by atoms with Gasteiger partial charge in [0, 0.05) is 31.4 Å². The number of hydrogen-bond donors (Lipinski definition) is 1. The molecule has 0 saturated carbocycles. The molecule has 1 amide bonds. The van der Waals surface area contributed by atoms with Gasteiger partial charge >= 0.3 is 0 Å². The normalized spacial score (nSPS) is 13.1. The Hall–Kier alpha value is -3.28. The van der Waals surface area contributed by atoms with E-state index in [1.807, 2.05) is 26.0 Å². The summed E-state index contributed by atoms with van der Waals surface area (Å²) in [5.74, 6) is 1.37. The molecular formula is C24H27N3O3. The van der Waals surface area contributed by atoms with Crippen molar-refractivity contribution in [3.05, 3.63) is 76.2 Å². The molecule has 6 heteroatoms. The molecule has 0 bridgehead atoms. The van der Waals surface area contributed by atoms with Crippen LogP contribution in [0.2, 0.25) is 0 Å². The minimum absolute atomic E-state index is 0.0953. The highest BCUT2D eigenvalue weighted by atomic mass is 16.5. The van der Waals surface area contributed by atoms with Crippen molar-refractivity contribution in [2.24, 2.45) is 0 Å². The third-order valence-corrected chi connectivity index (χ3v) is 5.63. The fourth-order valence-corrected chi connectivity index (χ4v) is 3.80. The first-order valence-corrected chi connectivity index (χ1v) is 10.3. The highest BCUT2D eigenvalue weighted by molar-refractivity contribution is 5.94. The largest absolute Gasteiger partial charge is 0.489 e. The predicted octanol–water partition coefficient (Wildman–Crippen LogP) is 4.18. The Morgan fingerprint density at radius 2 is 2.00 bits per heavy atom. The first-order chi connectivity index (χ1) is 14.5. The Bertz CT molecular complexity index is 1020. The van der Waals surface area contributed by atoms with Gasteiger partial charge in [-0.25, -0.2) is 0 Å². The van der Waals surface area contributed by atoms with Gasteiger partial charge in [-0.3, -0.25) is 4.79 Å². The molecule has 2 heterocycles. The smallest absolute Gasteiger partial charge is 0.251 e. The number of benzene rings is 2. The molecule has 0 unspecified atom stereocenters. The van der Waals surface area contributed by atoms with Gasteiger partial charge in [0.15, 0.2) is 0 Å². The number of carbonyl (C=O) groups is 1. The number of anilines is 1. The Morgan fingerprint density at radius 3 is 2.73 bits per heavy atom. The Balaban J connectivity index is 1.33. The standard InChI is InChI=1S/C24H27N3O3/c1-16-22(17(2)30-26-16)15-29-21-9-7-19(8-10-21)24(28)25-14-18-6-11-23-20(13-18)5-4-12-27(23)3/h6-11,13H,4-5,12,14-15H2,1-3H3,(H,25,28). The lowest BCUT2D eigenvalue weighted by Crippen LogP contribution is -2.25. The van der Waals surface area contributed by atoms with Gasteiger partial charge < -0.3 is 19.5 Å². The summed E-state index contributed by atoms with van der Waals surface area (Å²) in [6, 6.07) is 13.6. The zero-order chi connectivity index (χ0) is 21.1. The summed E-state index contributed by atoms with van der Waals surface area (Å²) in [4.78, 5) is 14.8. The molecule has 1 aromatic heterocycles. The number of aryl methyl sites for hydroxylation is 3. The highest BCUT2D eigenvalue weighted by Crippen LogP contribution is 2.26. The Kier molecular flexibility index (Phi) is 5.74. The molecule has 6 nitrogen and oxygen atoms in total. The number of hydrogen-bond acceptors (Lipinski definition) is 5. The first kappa shape index (κ1) is 20.0. The third kappa shape index (κ3) is 4.32. The van der Waals surface area contributed by atoms with Crippen LogP contribution in [0.3, 0.4) is 0 Å². The first-order valence-electron chi connectivity index (χ1n) is 10.3. The molecule has 0 saturated heterocycles. The molecule has 4 rings (SSSR count). The molecule has 1 aliphatic rings. The van der Waals surface area contributed by atoms with Gasteiger partial charge in [-0.2, -0.15) is 0 Å². The minimum atomic E-state index is -0.0953. The second-order valence-corrected chi connectivity index (χ2v) is 7.79. The molecule has 0 atom stereocenters. The fourth-order valence-electron chi connectivity index (χ4n) is 3.80. The monoisotopic (exact) mass is 405 g/mol. The van der Waals surface area contributed by atoms with Crippen LogP contribution in [0.1, 0.15) is 44.9 Å². The lowest BCUT2D eigenvalue weighted by Gasteiger charge is -2.27. The van der Waals surface area contributed by atoms with Crippen molar-refractivity contribution in [1.82, 2.24) is 10.5 Å². The number of aromatic nitrogens is 1. The summed E-state index contributed by atoms with van der Waals surface area (Å²) in [5, 5.41) is 6.94. The van der Waals surface area contributed by atoms with E-state index in [1.54, 1.807) is 12.1 Å². The summed E-state index contributed by atoms with van der Waals surface area (Å²) >= 11 is 0. The van der Waals surface area contributed by atoms with Crippen LogP contribution in [0.4, 0.5) is 5.69 Å². The van der Waals surface area contributed by atoms with E-state index in [4.69, 9.17) is 9.26 Å². The number of nitrogens with zero attached hydrogens (tertiary/aromatic N) is 2. The zero-order valence-corrected chi connectivity index (χ0v) is 17.7. The minimum Gasteiger partial charge on any atom is -0.489 e. The van der Waals surface area contributed by atoms with Gasteiger partial charge in [0.05, 0.1) is 11.3 Å². The topological polar surface area (TPSA) is 67.6 Å². The number of nitrogens with one attached hydrogen (secondary N) is 1. The molecule has 0 radical (unpaired) electrons. The van der Waals surface area contributed by atoms with Crippen LogP contribution in [0.5, 0.6) is 5.75 Å². The molecule has 30 heavy (non-hydrogen) atoms. The molecule has 2 aromatic carbocycles. The maximum absolute atomic E-state index is 12.5. The maximum Gasteiger partial charge on any atom is 0.251 e. The van der Waals surface area contributed by atoms with Gasteiger partial charge in [-0.15, -0.1) is 0 Å². The number of amides is 1. The summed E-state index contributed by atoms with van der Waals surface area (Å²) in [6.45, 7) is 5.76. The summed E-state index contributed by atoms with van der Waals surface area (Å²) in [6.07, 6.45) is 2.26. The Morgan fingerprint density at radius 1 is 1.20 bits per heavy atom. The van der Waals surface area contributed by atoms with Crippen molar-refractivity contribution in [2.75, 3.05) is 18.5 Å². The van der Waals surface area contributed by atoms with E-state index in [9.17, 15) is 4.79 Å². The molecule has 0 spiro atoms. The average molecular weight is 405 g/mol. The van der Waals surface area contributed by atoms with Gasteiger partial charge in [0.1, 0.15) is 18.1 Å². The van der Waals surface area contributed by atoms with Gasteiger partial charge in [0.2, 0.25) is 0 Å². The lowest BCUT2D eigenvalue weighted by molar-refractivity contribution is 0.0951. The SMILES string of the molecule is Cc1noc(C)c1COc1ccc(C(=O)NCc2ccc3c(c2)CCCN3C)cc1. The molecule has 1 N–H and O–H groups in total. The van der Waals surface area contributed by atoms with Crippen LogP contribution in [-0.4, -0.2) is 24.7 Å². The molecular weight excluding hydrogens is 378 g/mol. The highest BCUT2D eigenvalue weighted by Gasteiger charge is 2.14. The van der Waals surface area contributed by atoms with Crippen molar-refractivity contribution in [2.45, 2.75) is 39.8 Å². The van der Waals surface area contributed by atoms with Gasteiger partial charge in [0.25, 0.3) is 5.91 Å². The summed E-state index contributed by atoms with van der Waals surface area (Å²) < 4.78 is 11.0. The molecule has 156 valence electrons. The molecule has 1 aliphatic heterocycles. The van der Waals surface area contributed by atoms with E-state index in [0.717, 1.165) is 35.5 Å². The zero-order valence-electron chi connectivity index (χ0n) is 17.7. The number of fused-ring (bicyclic) bond motifs is 1. The van der Waals surface area contributed by atoms with Crippen LogP contribution in [0.15, 0.2) is 47.0 Å². The van der Waals surface area contributed by atoms with E-state index >= 15 is 0 Å². The molecule has 3 aromatic rings. The second kappa shape index (κ2) is 8.61. The van der Waals surface area contributed by atoms with Crippen LogP contribution < -0.4 is 15.0 Å². The summed E-state index contributed by atoms with van der Waals surface area (Å²) in [7, 11) is 2.13. The van der Waals surface area contributed by atoms with Gasteiger partial charge in [-0.1, -0.05) is 17.3 Å². The van der Waals surface area contributed by atoms with Crippen LogP contribution in [0, 0.1) is 13.8 Å². The quantitative estimate of drug-likeness (QED) is 0.666. The lowest BCUT2D eigenvalue weighted by atomic mass is 9.99. The summed E-state index contributed by atoms with van der Waals surface area (Å²) in [5.41, 5.74) is 6.17. The Labute approximate surface area is 176 Å². The van der Waals surface area contributed by atoms with Crippen molar-refractivity contribution >= 4 is 11.6 Å². The van der Waals surface area contributed by atoms with Crippen LogP contribution in [-0.2, 0) is 19.6 Å². The van der Waals surface area contributed by atoms with E-state index < -0.39 is 0 Å². The third-order valence-electron chi connectivity index (χ3n) is 5.63. The maximum atomic E-state index is 12.5. The van der Waals surface area contributed by atoms with Crippen molar-refractivity contribution < 1.29 is 14.1 Å². The van der Waals surface area contributed by atoms with Crippen LogP contribution >= 0.6 is 0 Å². The molecule has 0 aliphatic carbocycles. The van der Waals surface area contributed by atoms with E-state index in [2.05, 4.69) is 40.6 Å². The van der Waals surface area contributed by atoms with E-state index in [-0.39, 0.29) is 5.91 Å². The average Bonchev–Trinajstić information content (AvgIpc) is 3.08. The van der Waals surface area contributed by atoms with Crippen molar-refractivity contribution in [1.29, 1.82) is 0 Å². The predicted molar refractivity (Wildman–Crippen MR) is 116 cm³/mol. The van der Waals surface area contributed by atoms with Crippen molar-refractivity contribution in [3.8, 4) is 5.75 Å². The van der Waals surface area contributed by atoms with E-state index in [1.165, 1.54) is 17.7 Å². The number of rotatable bonds is 6. The number of ether oxygens (including phenoxy) is 1. The second-order valence-electron chi connectivity index (χ2n) is 7.79. The fraction of sp³-hybridized carbons (Fsp3) is 0.333.